The fourth-order valence-electron chi connectivity index (χ4n) is 3.40. The maximum absolute atomic E-state index is 11.7. The molecule has 0 saturated heterocycles. The molecule has 3 N–H and O–H groups in total. The standard InChI is InChI=1S/C17H19NO4/c1-10(21)11-3-4-12-13(5-11)16-14(6-15(12)22)18(2)7-17(16,8-19)9-20/h3-6,19-20,22H,7-9H2,1-2H3. The lowest BCUT2D eigenvalue weighted by atomic mass is 9.80. The van der Waals surface area contributed by atoms with Crippen LogP contribution in [-0.4, -0.2) is 47.9 Å². The summed E-state index contributed by atoms with van der Waals surface area (Å²) < 4.78 is 0. The Bertz CT molecular complexity index is 765. The van der Waals surface area contributed by atoms with Crippen LogP contribution < -0.4 is 4.90 Å². The van der Waals surface area contributed by atoms with Gasteiger partial charge in [0.15, 0.2) is 5.78 Å². The molecule has 0 aliphatic carbocycles. The van der Waals surface area contributed by atoms with Crippen LogP contribution in [0, 0.1) is 0 Å². The molecule has 0 atom stereocenters. The van der Waals surface area contributed by atoms with Gasteiger partial charge in [-0.05, 0) is 30.0 Å². The molecule has 116 valence electrons. The lowest BCUT2D eigenvalue weighted by Crippen LogP contribution is -2.39. The van der Waals surface area contributed by atoms with Crippen LogP contribution in [-0.2, 0) is 5.41 Å². The number of anilines is 1. The molecule has 5 nitrogen and oxygen atoms in total. The highest BCUT2D eigenvalue weighted by atomic mass is 16.3. The van der Waals surface area contributed by atoms with Gasteiger partial charge in [0.2, 0.25) is 0 Å². The second kappa shape index (κ2) is 4.97. The molecule has 1 aliphatic rings. The Balaban J connectivity index is 2.42. The summed E-state index contributed by atoms with van der Waals surface area (Å²) in [5.74, 6) is 0.0614. The number of phenols is 1. The quantitative estimate of drug-likeness (QED) is 0.747. The zero-order valence-electron chi connectivity index (χ0n) is 12.6. The second-order valence-corrected chi connectivity index (χ2v) is 6.06. The van der Waals surface area contributed by atoms with Crippen LogP contribution in [0.2, 0.25) is 0 Å². The molecule has 2 aromatic rings. The number of nitrogens with zero attached hydrogens (tertiary/aromatic N) is 1. The van der Waals surface area contributed by atoms with E-state index in [1.54, 1.807) is 24.3 Å². The van der Waals surface area contributed by atoms with Gasteiger partial charge in [-0.3, -0.25) is 4.79 Å². The summed E-state index contributed by atoms with van der Waals surface area (Å²) in [5.41, 5.74) is 1.30. The van der Waals surface area contributed by atoms with Gasteiger partial charge in [0, 0.05) is 36.3 Å². The molecule has 22 heavy (non-hydrogen) atoms. The first-order valence-electron chi connectivity index (χ1n) is 7.17. The number of likely N-dealkylation sites (N-methyl/N-ethyl adjacent to an activating group) is 1. The molecule has 1 heterocycles. The molecule has 3 rings (SSSR count). The van der Waals surface area contributed by atoms with Crippen molar-refractivity contribution >= 4 is 22.2 Å². The lowest BCUT2D eigenvalue weighted by Gasteiger charge is -2.26. The Hall–Kier alpha value is -2.11. The van der Waals surface area contributed by atoms with E-state index in [-0.39, 0.29) is 24.7 Å². The van der Waals surface area contributed by atoms with Gasteiger partial charge in [0.1, 0.15) is 5.75 Å². The van der Waals surface area contributed by atoms with Crippen LogP contribution in [0.15, 0.2) is 24.3 Å². The van der Waals surface area contributed by atoms with Crippen molar-refractivity contribution < 1.29 is 20.1 Å². The van der Waals surface area contributed by atoms with Gasteiger partial charge in [0.25, 0.3) is 0 Å². The fourth-order valence-corrected chi connectivity index (χ4v) is 3.40. The molecule has 0 saturated carbocycles. The Morgan fingerprint density at radius 3 is 2.50 bits per heavy atom. The summed E-state index contributed by atoms with van der Waals surface area (Å²) >= 11 is 0. The smallest absolute Gasteiger partial charge is 0.159 e. The number of fused-ring (bicyclic) bond motifs is 3. The number of aromatic hydroxyl groups is 1. The molecule has 2 aromatic carbocycles. The first-order valence-corrected chi connectivity index (χ1v) is 7.17. The van der Waals surface area contributed by atoms with Crippen LogP contribution in [0.1, 0.15) is 22.8 Å². The van der Waals surface area contributed by atoms with Gasteiger partial charge < -0.3 is 20.2 Å². The highest BCUT2D eigenvalue weighted by Crippen LogP contribution is 2.47. The van der Waals surface area contributed by atoms with Gasteiger partial charge in [-0.25, -0.2) is 0 Å². The van der Waals surface area contributed by atoms with E-state index in [1.807, 2.05) is 11.9 Å². The third-order valence-corrected chi connectivity index (χ3v) is 4.59. The minimum Gasteiger partial charge on any atom is -0.507 e. The number of benzene rings is 2. The van der Waals surface area contributed by atoms with E-state index in [2.05, 4.69) is 0 Å². The average Bonchev–Trinajstić information content (AvgIpc) is 2.80. The Morgan fingerprint density at radius 2 is 1.91 bits per heavy atom. The second-order valence-electron chi connectivity index (χ2n) is 6.06. The Morgan fingerprint density at radius 1 is 1.23 bits per heavy atom. The molecule has 0 unspecified atom stereocenters. The number of Topliss-reactive ketones (excluding diaryl/α,β-unsaturated/α-hetero) is 1. The van der Waals surface area contributed by atoms with Gasteiger partial charge >= 0.3 is 0 Å². The predicted octanol–water partition coefficient (Wildman–Crippen LogP) is 1.42. The van der Waals surface area contributed by atoms with Gasteiger partial charge in [-0.15, -0.1) is 0 Å². The van der Waals surface area contributed by atoms with Crippen LogP contribution in [0.25, 0.3) is 10.8 Å². The van der Waals surface area contributed by atoms with Crippen molar-refractivity contribution in [1.29, 1.82) is 0 Å². The SMILES string of the molecule is CC(=O)c1ccc2c(O)cc3c(c2c1)C(CO)(CO)CN3C. The van der Waals surface area contributed by atoms with Crippen LogP contribution in [0.3, 0.4) is 0 Å². The first kappa shape index (κ1) is 14.8. The predicted molar refractivity (Wildman–Crippen MR) is 84.7 cm³/mol. The summed E-state index contributed by atoms with van der Waals surface area (Å²) in [5, 5.41) is 31.3. The van der Waals surface area contributed by atoms with Crippen molar-refractivity contribution in [3.8, 4) is 5.75 Å². The van der Waals surface area contributed by atoms with Crippen molar-refractivity contribution in [3.63, 3.8) is 0 Å². The van der Waals surface area contributed by atoms with Gasteiger partial charge in [0.05, 0.1) is 18.6 Å². The number of carbonyl (C=O) groups is 1. The molecule has 5 heteroatoms. The van der Waals surface area contributed by atoms with Crippen LogP contribution in [0.4, 0.5) is 5.69 Å². The van der Waals surface area contributed by atoms with E-state index in [9.17, 15) is 20.1 Å². The molecular weight excluding hydrogens is 282 g/mol. The topological polar surface area (TPSA) is 81.0 Å². The number of hydrogen-bond donors (Lipinski definition) is 3. The summed E-state index contributed by atoms with van der Waals surface area (Å²) in [4.78, 5) is 13.6. The maximum Gasteiger partial charge on any atom is 0.159 e. The monoisotopic (exact) mass is 301 g/mol. The molecule has 0 fully saturated rings. The van der Waals surface area contributed by atoms with Gasteiger partial charge in [-0.1, -0.05) is 6.07 Å². The molecular formula is C17H19NO4. The number of rotatable bonds is 3. The normalized spacial score (nSPS) is 16.1. The summed E-state index contributed by atoms with van der Waals surface area (Å²) in [6.45, 7) is 1.54. The van der Waals surface area contributed by atoms with E-state index in [0.717, 1.165) is 11.3 Å². The average molecular weight is 301 g/mol. The highest BCUT2D eigenvalue weighted by molar-refractivity contribution is 6.03. The first-order chi connectivity index (χ1) is 10.4. The Kier molecular flexibility index (Phi) is 3.34. The van der Waals surface area contributed by atoms with Crippen molar-refractivity contribution in [2.45, 2.75) is 12.3 Å². The third kappa shape index (κ3) is 1.90. The number of carbonyl (C=O) groups excluding carboxylic acids is 1. The molecule has 0 aromatic heterocycles. The lowest BCUT2D eigenvalue weighted by molar-refractivity contribution is 0.101. The van der Waals surface area contributed by atoms with Crippen molar-refractivity contribution in [2.75, 3.05) is 31.7 Å². The van der Waals surface area contributed by atoms with E-state index in [4.69, 9.17) is 0 Å². The zero-order valence-corrected chi connectivity index (χ0v) is 12.6. The molecule has 0 bridgehead atoms. The van der Waals surface area contributed by atoms with Crippen LogP contribution in [0.5, 0.6) is 5.75 Å². The van der Waals surface area contributed by atoms with E-state index in [1.165, 1.54) is 6.92 Å². The van der Waals surface area contributed by atoms with Crippen molar-refractivity contribution in [1.82, 2.24) is 0 Å². The minimum atomic E-state index is -0.800. The van der Waals surface area contributed by atoms with Gasteiger partial charge in [-0.2, -0.15) is 0 Å². The number of aliphatic hydroxyl groups excluding tert-OH is 2. The van der Waals surface area contributed by atoms with Crippen molar-refractivity contribution in [2.24, 2.45) is 0 Å². The van der Waals surface area contributed by atoms with E-state index < -0.39 is 5.41 Å². The van der Waals surface area contributed by atoms with Crippen LogP contribution >= 0.6 is 0 Å². The molecule has 0 spiro atoms. The number of phenolic OH excluding ortho intramolecular Hbond substituents is 1. The van der Waals surface area contributed by atoms with E-state index >= 15 is 0 Å². The summed E-state index contributed by atoms with van der Waals surface area (Å²) in [6.07, 6.45) is 0. The number of hydrogen-bond acceptors (Lipinski definition) is 5. The number of aliphatic hydroxyl groups is 2. The molecule has 0 amide bonds. The van der Waals surface area contributed by atoms with Crippen molar-refractivity contribution in [3.05, 3.63) is 35.4 Å². The molecule has 1 aliphatic heterocycles. The third-order valence-electron chi connectivity index (χ3n) is 4.59. The maximum atomic E-state index is 11.7. The largest absolute Gasteiger partial charge is 0.507 e. The highest BCUT2D eigenvalue weighted by Gasteiger charge is 2.42. The minimum absolute atomic E-state index is 0.0658. The fraction of sp³-hybridized carbons (Fsp3) is 0.353. The number of ketones is 1. The van der Waals surface area contributed by atoms with E-state index in [0.29, 0.717) is 22.9 Å². The Labute approximate surface area is 128 Å². The zero-order chi connectivity index (χ0) is 16.1. The summed E-state index contributed by atoms with van der Waals surface area (Å²) in [6, 6.07) is 6.77. The summed E-state index contributed by atoms with van der Waals surface area (Å²) in [7, 11) is 1.85. The molecule has 0 radical (unpaired) electrons.